The molecule has 132 valence electrons. The zero-order valence-electron chi connectivity index (χ0n) is 13.7. The molecule has 7 nitrogen and oxygen atoms in total. The van der Waals surface area contributed by atoms with Gasteiger partial charge in [-0.2, -0.15) is 4.99 Å². The number of hydrogen-bond acceptors (Lipinski definition) is 6. The summed E-state index contributed by atoms with van der Waals surface area (Å²) in [6, 6.07) is 5.37. The Morgan fingerprint density at radius 1 is 1.40 bits per heavy atom. The Morgan fingerprint density at radius 3 is 2.72 bits per heavy atom. The van der Waals surface area contributed by atoms with E-state index in [1.165, 1.54) is 11.3 Å². The maximum atomic E-state index is 12.0. The van der Waals surface area contributed by atoms with E-state index in [1.807, 2.05) is 6.92 Å². The van der Waals surface area contributed by atoms with Crippen molar-refractivity contribution in [2.45, 2.75) is 20.4 Å². The van der Waals surface area contributed by atoms with Crippen LogP contribution < -0.4 is 9.54 Å². The standard InChI is InChI=1S/C16H16N2O5S2/c1-4-8-18-13-7-6-12(23-5-2)9-14(13)24-16(18)17-15(20)10-25(21,22)11(3)19/h1,6-7,9H,5,8,10H2,2-3H3. The van der Waals surface area contributed by atoms with Crippen molar-refractivity contribution in [3.05, 3.63) is 23.0 Å². The summed E-state index contributed by atoms with van der Waals surface area (Å²) >= 11 is 1.19. The molecule has 0 spiro atoms. The number of amides is 1. The van der Waals surface area contributed by atoms with Crippen LogP contribution >= 0.6 is 11.3 Å². The van der Waals surface area contributed by atoms with E-state index < -0.39 is 26.6 Å². The molecule has 9 heteroatoms. The van der Waals surface area contributed by atoms with Gasteiger partial charge < -0.3 is 9.30 Å². The number of carbonyl (C=O) groups excluding carboxylic acids is 2. The summed E-state index contributed by atoms with van der Waals surface area (Å²) in [5, 5.41) is -1.06. The number of nitrogens with zero attached hydrogens (tertiary/aromatic N) is 2. The van der Waals surface area contributed by atoms with E-state index in [0.717, 1.165) is 17.1 Å². The lowest BCUT2D eigenvalue weighted by molar-refractivity contribution is -0.116. The van der Waals surface area contributed by atoms with Crippen molar-refractivity contribution in [1.29, 1.82) is 0 Å². The summed E-state index contributed by atoms with van der Waals surface area (Å²) in [4.78, 5) is 27.1. The van der Waals surface area contributed by atoms with Gasteiger partial charge in [0, 0.05) is 6.92 Å². The third-order valence-electron chi connectivity index (χ3n) is 3.19. The highest BCUT2D eigenvalue weighted by atomic mass is 32.2. The fourth-order valence-corrected chi connectivity index (χ4v) is 3.71. The van der Waals surface area contributed by atoms with Gasteiger partial charge in [0.25, 0.3) is 5.91 Å². The van der Waals surface area contributed by atoms with E-state index in [0.29, 0.717) is 12.4 Å². The minimum absolute atomic E-state index is 0.166. The van der Waals surface area contributed by atoms with Crippen molar-refractivity contribution >= 4 is 42.4 Å². The Labute approximate surface area is 148 Å². The summed E-state index contributed by atoms with van der Waals surface area (Å²) in [7, 11) is -4.13. The quantitative estimate of drug-likeness (QED) is 0.725. The molecular formula is C16H16N2O5S2. The predicted molar refractivity (Wildman–Crippen MR) is 94.9 cm³/mol. The molecule has 0 saturated carbocycles. The van der Waals surface area contributed by atoms with Crippen molar-refractivity contribution in [3.8, 4) is 18.1 Å². The topological polar surface area (TPSA) is 94.8 Å². The second-order valence-corrected chi connectivity index (χ2v) is 8.10. The summed E-state index contributed by atoms with van der Waals surface area (Å²) < 4.78 is 31.0. The largest absolute Gasteiger partial charge is 0.494 e. The molecule has 2 rings (SSSR count). The van der Waals surface area contributed by atoms with Crippen LogP contribution in [0, 0.1) is 12.3 Å². The lowest BCUT2D eigenvalue weighted by atomic mass is 10.3. The Kier molecular flexibility index (Phi) is 5.77. The summed E-state index contributed by atoms with van der Waals surface area (Å²) in [6.45, 7) is 3.45. The second kappa shape index (κ2) is 7.63. The van der Waals surface area contributed by atoms with Crippen molar-refractivity contribution < 1.29 is 22.7 Å². The van der Waals surface area contributed by atoms with Crippen molar-refractivity contribution in [2.24, 2.45) is 4.99 Å². The number of terminal acetylenes is 1. The average molecular weight is 380 g/mol. The Hall–Kier alpha value is -2.44. The van der Waals surface area contributed by atoms with Crippen LogP contribution in [0.3, 0.4) is 0 Å². The van der Waals surface area contributed by atoms with Gasteiger partial charge in [0.2, 0.25) is 15.0 Å². The normalized spacial score (nSPS) is 12.1. The molecule has 0 bridgehead atoms. The number of hydrogen-bond donors (Lipinski definition) is 0. The smallest absolute Gasteiger partial charge is 0.264 e. The third-order valence-corrected chi connectivity index (χ3v) is 5.73. The number of rotatable bonds is 5. The van der Waals surface area contributed by atoms with Crippen LogP contribution in [0.5, 0.6) is 5.75 Å². The molecule has 1 aromatic carbocycles. The molecule has 0 saturated heterocycles. The minimum Gasteiger partial charge on any atom is -0.494 e. The van der Waals surface area contributed by atoms with E-state index in [1.54, 1.807) is 22.8 Å². The molecule has 25 heavy (non-hydrogen) atoms. The molecule has 1 amide bonds. The maximum Gasteiger partial charge on any atom is 0.264 e. The van der Waals surface area contributed by atoms with Gasteiger partial charge in [-0.05, 0) is 25.1 Å². The van der Waals surface area contributed by atoms with Crippen LogP contribution in [0.15, 0.2) is 23.2 Å². The molecule has 0 N–H and O–H groups in total. The third kappa shape index (κ3) is 4.35. The Bertz CT molecular complexity index is 1040. The first kappa shape index (κ1) is 18.9. The number of aromatic nitrogens is 1. The first-order valence-corrected chi connectivity index (χ1v) is 9.76. The van der Waals surface area contributed by atoms with Gasteiger partial charge in [0.05, 0.1) is 23.4 Å². The molecule has 0 aliphatic carbocycles. The Balaban J connectivity index is 2.52. The molecule has 2 aromatic rings. The van der Waals surface area contributed by atoms with Crippen molar-refractivity contribution in [2.75, 3.05) is 12.4 Å². The van der Waals surface area contributed by atoms with Gasteiger partial charge in [-0.15, -0.1) is 6.42 Å². The van der Waals surface area contributed by atoms with E-state index in [2.05, 4.69) is 10.9 Å². The van der Waals surface area contributed by atoms with Gasteiger partial charge in [-0.3, -0.25) is 9.59 Å². The number of fused-ring (bicyclic) bond motifs is 1. The molecule has 0 aliphatic rings. The van der Waals surface area contributed by atoms with Crippen LogP contribution in [-0.2, 0) is 26.0 Å². The molecule has 1 aromatic heterocycles. The monoisotopic (exact) mass is 380 g/mol. The van der Waals surface area contributed by atoms with E-state index >= 15 is 0 Å². The lowest BCUT2D eigenvalue weighted by Gasteiger charge is -2.03. The van der Waals surface area contributed by atoms with Crippen LogP contribution in [-0.4, -0.2) is 36.4 Å². The molecule has 0 radical (unpaired) electrons. The first-order chi connectivity index (χ1) is 11.8. The SMILES string of the molecule is C#CCn1c(=NC(=O)CS(=O)(=O)C(C)=O)sc2cc(OCC)ccc21. The Morgan fingerprint density at radius 2 is 2.12 bits per heavy atom. The molecule has 0 fully saturated rings. The number of thiazole rings is 1. The van der Waals surface area contributed by atoms with Crippen molar-refractivity contribution in [3.63, 3.8) is 0 Å². The summed E-state index contributed by atoms with van der Waals surface area (Å²) in [5.41, 5.74) is 0.757. The average Bonchev–Trinajstić information content (AvgIpc) is 2.84. The van der Waals surface area contributed by atoms with Gasteiger partial charge in [-0.25, -0.2) is 8.42 Å². The van der Waals surface area contributed by atoms with E-state index in [4.69, 9.17) is 11.2 Å². The highest BCUT2D eigenvalue weighted by Crippen LogP contribution is 2.23. The lowest BCUT2D eigenvalue weighted by Crippen LogP contribution is -2.23. The van der Waals surface area contributed by atoms with Crippen LogP contribution in [0.2, 0.25) is 0 Å². The molecular weight excluding hydrogens is 364 g/mol. The van der Waals surface area contributed by atoms with Gasteiger partial charge in [0.1, 0.15) is 11.5 Å². The second-order valence-electron chi connectivity index (χ2n) is 4.99. The summed E-state index contributed by atoms with van der Waals surface area (Å²) in [5.74, 6) is 1.26. The fourth-order valence-electron chi connectivity index (χ4n) is 2.04. The fraction of sp³-hybridized carbons (Fsp3) is 0.312. The highest BCUT2D eigenvalue weighted by molar-refractivity contribution is 8.06. The molecule has 1 heterocycles. The van der Waals surface area contributed by atoms with Gasteiger partial charge in [-0.1, -0.05) is 17.3 Å². The first-order valence-electron chi connectivity index (χ1n) is 7.29. The van der Waals surface area contributed by atoms with E-state index in [9.17, 15) is 18.0 Å². The van der Waals surface area contributed by atoms with Crippen LogP contribution in [0.25, 0.3) is 10.2 Å². The number of ether oxygens (including phenoxy) is 1. The van der Waals surface area contributed by atoms with Gasteiger partial charge >= 0.3 is 0 Å². The number of carbonyl (C=O) groups is 2. The summed E-state index contributed by atoms with van der Waals surface area (Å²) in [6.07, 6.45) is 5.37. The van der Waals surface area contributed by atoms with Crippen LogP contribution in [0.4, 0.5) is 0 Å². The number of sulfone groups is 1. The highest BCUT2D eigenvalue weighted by Gasteiger charge is 2.21. The molecule has 0 atom stereocenters. The van der Waals surface area contributed by atoms with E-state index in [-0.39, 0.29) is 11.3 Å². The predicted octanol–water partition coefficient (Wildman–Crippen LogP) is 1.12. The number of benzene rings is 1. The van der Waals surface area contributed by atoms with Crippen molar-refractivity contribution in [1.82, 2.24) is 4.57 Å². The minimum atomic E-state index is -4.13. The maximum absolute atomic E-state index is 12.0. The molecule has 0 aliphatic heterocycles. The molecule has 0 unspecified atom stereocenters. The van der Waals surface area contributed by atoms with Gasteiger partial charge in [0.15, 0.2) is 4.80 Å². The zero-order valence-corrected chi connectivity index (χ0v) is 15.3. The van der Waals surface area contributed by atoms with Crippen LogP contribution in [0.1, 0.15) is 13.8 Å². The zero-order chi connectivity index (χ0) is 18.6.